The fourth-order valence-electron chi connectivity index (χ4n) is 1.71. The number of aromatic nitrogens is 1. The molecule has 1 unspecified atom stereocenters. The summed E-state index contributed by atoms with van der Waals surface area (Å²) in [6.07, 6.45) is 2.21. The van der Waals surface area contributed by atoms with Crippen LogP contribution in [0.15, 0.2) is 5.38 Å². The molecule has 0 spiro atoms. The Balaban J connectivity index is 1.77. The summed E-state index contributed by atoms with van der Waals surface area (Å²) < 4.78 is 0. The summed E-state index contributed by atoms with van der Waals surface area (Å²) in [6.45, 7) is 7.99. The van der Waals surface area contributed by atoms with Crippen molar-refractivity contribution >= 4 is 11.3 Å². The maximum atomic E-state index is 9.72. The van der Waals surface area contributed by atoms with Crippen LogP contribution in [0.1, 0.15) is 44.3 Å². The highest BCUT2D eigenvalue weighted by Crippen LogP contribution is 2.32. The fourth-order valence-corrected chi connectivity index (χ4v) is 2.70. The molecule has 1 saturated carbocycles. The second-order valence-corrected chi connectivity index (χ2v) is 6.85. The molecule has 1 heterocycles. The SMILES string of the molecule is CC(C)(C)c1csc(CNCC(O)C2CC2)n1. The van der Waals surface area contributed by atoms with E-state index in [0.717, 1.165) is 17.2 Å². The smallest absolute Gasteiger partial charge is 0.107 e. The molecular formula is C13H22N2OS. The van der Waals surface area contributed by atoms with Crippen LogP contribution in [0.25, 0.3) is 0 Å². The van der Waals surface area contributed by atoms with Gasteiger partial charge in [-0.3, -0.25) is 0 Å². The first-order valence-electron chi connectivity index (χ1n) is 6.30. The number of thiazole rings is 1. The standard InChI is InChI=1S/C13H22N2OS/c1-13(2,3)11-8-17-12(15-11)7-14-6-10(16)9-4-5-9/h8-10,14,16H,4-7H2,1-3H3. The van der Waals surface area contributed by atoms with Crippen molar-refractivity contribution in [2.24, 2.45) is 5.92 Å². The van der Waals surface area contributed by atoms with Crippen molar-refractivity contribution < 1.29 is 5.11 Å². The second kappa shape index (κ2) is 5.04. The van der Waals surface area contributed by atoms with Crippen molar-refractivity contribution in [2.75, 3.05) is 6.54 Å². The molecule has 1 aliphatic rings. The quantitative estimate of drug-likeness (QED) is 0.847. The van der Waals surface area contributed by atoms with E-state index in [4.69, 9.17) is 0 Å². The van der Waals surface area contributed by atoms with Crippen LogP contribution in [0, 0.1) is 5.92 Å². The van der Waals surface area contributed by atoms with Gasteiger partial charge in [0.15, 0.2) is 0 Å². The lowest BCUT2D eigenvalue weighted by Crippen LogP contribution is -2.27. The number of rotatable bonds is 5. The van der Waals surface area contributed by atoms with E-state index in [1.165, 1.54) is 12.8 Å². The Morgan fingerprint density at radius 1 is 1.53 bits per heavy atom. The zero-order valence-corrected chi connectivity index (χ0v) is 11.7. The zero-order valence-electron chi connectivity index (χ0n) is 10.9. The summed E-state index contributed by atoms with van der Waals surface area (Å²) in [4.78, 5) is 4.61. The average Bonchev–Trinajstić information content (AvgIpc) is 2.97. The van der Waals surface area contributed by atoms with E-state index in [9.17, 15) is 5.11 Å². The number of nitrogens with one attached hydrogen (secondary N) is 1. The molecule has 1 aromatic heterocycles. The third-order valence-corrected chi connectivity index (χ3v) is 3.96. The van der Waals surface area contributed by atoms with E-state index in [1.54, 1.807) is 11.3 Å². The molecule has 96 valence electrons. The summed E-state index contributed by atoms with van der Waals surface area (Å²) in [5.74, 6) is 0.545. The summed E-state index contributed by atoms with van der Waals surface area (Å²) in [5, 5.41) is 16.2. The maximum absolute atomic E-state index is 9.72. The molecule has 3 nitrogen and oxygen atoms in total. The lowest BCUT2D eigenvalue weighted by atomic mass is 9.93. The van der Waals surface area contributed by atoms with Gasteiger partial charge in [-0.1, -0.05) is 20.8 Å². The van der Waals surface area contributed by atoms with Gasteiger partial charge >= 0.3 is 0 Å². The lowest BCUT2D eigenvalue weighted by Gasteiger charge is -2.14. The highest BCUT2D eigenvalue weighted by Gasteiger charge is 2.29. The van der Waals surface area contributed by atoms with Crippen LogP contribution in [0.2, 0.25) is 0 Å². The second-order valence-electron chi connectivity index (χ2n) is 5.91. The topological polar surface area (TPSA) is 45.1 Å². The van der Waals surface area contributed by atoms with E-state index in [1.807, 2.05) is 0 Å². The van der Waals surface area contributed by atoms with Crippen molar-refractivity contribution in [1.82, 2.24) is 10.3 Å². The highest BCUT2D eigenvalue weighted by molar-refractivity contribution is 7.09. The van der Waals surface area contributed by atoms with Gasteiger partial charge in [0, 0.05) is 23.9 Å². The van der Waals surface area contributed by atoms with Crippen LogP contribution >= 0.6 is 11.3 Å². The van der Waals surface area contributed by atoms with Crippen molar-refractivity contribution in [3.05, 3.63) is 16.1 Å². The van der Waals surface area contributed by atoms with Crippen molar-refractivity contribution in [3.63, 3.8) is 0 Å². The Kier molecular flexibility index (Phi) is 3.85. The first kappa shape index (κ1) is 13.0. The Bertz CT molecular complexity index is 366. The Morgan fingerprint density at radius 3 is 2.76 bits per heavy atom. The van der Waals surface area contributed by atoms with Gasteiger partial charge in [-0.05, 0) is 18.8 Å². The highest BCUT2D eigenvalue weighted by atomic mass is 32.1. The molecule has 0 bridgehead atoms. The van der Waals surface area contributed by atoms with Gasteiger partial charge in [-0.25, -0.2) is 4.98 Å². The first-order valence-corrected chi connectivity index (χ1v) is 7.18. The van der Waals surface area contributed by atoms with Crippen LogP contribution in [-0.2, 0) is 12.0 Å². The minimum atomic E-state index is -0.169. The maximum Gasteiger partial charge on any atom is 0.107 e. The average molecular weight is 254 g/mol. The largest absolute Gasteiger partial charge is 0.392 e. The van der Waals surface area contributed by atoms with Crippen LogP contribution in [0.5, 0.6) is 0 Å². The van der Waals surface area contributed by atoms with Crippen LogP contribution in [0.3, 0.4) is 0 Å². The van der Waals surface area contributed by atoms with E-state index in [0.29, 0.717) is 12.5 Å². The normalized spacial score (nSPS) is 18.4. The molecule has 0 aliphatic heterocycles. The van der Waals surface area contributed by atoms with Gasteiger partial charge < -0.3 is 10.4 Å². The van der Waals surface area contributed by atoms with Gasteiger partial charge in [-0.2, -0.15) is 0 Å². The Labute approximate surface area is 107 Å². The van der Waals surface area contributed by atoms with Gasteiger partial charge in [-0.15, -0.1) is 11.3 Å². The number of hydrogen-bond acceptors (Lipinski definition) is 4. The van der Waals surface area contributed by atoms with E-state index < -0.39 is 0 Å². The predicted octanol–water partition coefficient (Wildman–Crippen LogP) is 2.30. The van der Waals surface area contributed by atoms with Gasteiger partial charge in [0.2, 0.25) is 0 Å². The molecule has 4 heteroatoms. The van der Waals surface area contributed by atoms with Crippen molar-refractivity contribution in [3.8, 4) is 0 Å². The minimum Gasteiger partial charge on any atom is -0.392 e. The number of aliphatic hydroxyl groups excluding tert-OH is 1. The molecule has 0 amide bonds. The van der Waals surface area contributed by atoms with Crippen molar-refractivity contribution in [2.45, 2.75) is 51.7 Å². The van der Waals surface area contributed by atoms with Crippen molar-refractivity contribution in [1.29, 1.82) is 0 Å². The third kappa shape index (κ3) is 3.76. The minimum absolute atomic E-state index is 0.127. The molecule has 1 fully saturated rings. The van der Waals surface area contributed by atoms with E-state index in [2.05, 4.69) is 36.5 Å². The summed E-state index contributed by atoms with van der Waals surface area (Å²) in [6, 6.07) is 0. The number of nitrogens with zero attached hydrogens (tertiary/aromatic N) is 1. The number of aliphatic hydroxyl groups is 1. The van der Waals surface area contributed by atoms with E-state index >= 15 is 0 Å². The molecular weight excluding hydrogens is 232 g/mol. The Morgan fingerprint density at radius 2 is 2.24 bits per heavy atom. The summed E-state index contributed by atoms with van der Waals surface area (Å²) >= 11 is 1.70. The molecule has 0 radical (unpaired) electrons. The lowest BCUT2D eigenvalue weighted by molar-refractivity contribution is 0.148. The van der Waals surface area contributed by atoms with E-state index in [-0.39, 0.29) is 11.5 Å². The monoisotopic (exact) mass is 254 g/mol. The summed E-state index contributed by atoms with van der Waals surface area (Å²) in [7, 11) is 0. The molecule has 1 atom stereocenters. The van der Waals surface area contributed by atoms with Crippen LogP contribution in [-0.4, -0.2) is 22.7 Å². The molecule has 0 aromatic carbocycles. The fraction of sp³-hybridized carbons (Fsp3) is 0.769. The first-order chi connectivity index (χ1) is 7.97. The molecule has 2 rings (SSSR count). The molecule has 1 aromatic rings. The van der Waals surface area contributed by atoms with Gasteiger partial charge in [0.05, 0.1) is 11.8 Å². The third-order valence-electron chi connectivity index (χ3n) is 3.12. The van der Waals surface area contributed by atoms with Crippen LogP contribution < -0.4 is 5.32 Å². The molecule has 1 aliphatic carbocycles. The molecule has 0 saturated heterocycles. The van der Waals surface area contributed by atoms with Gasteiger partial charge in [0.25, 0.3) is 0 Å². The Hall–Kier alpha value is -0.450. The van der Waals surface area contributed by atoms with Crippen LogP contribution in [0.4, 0.5) is 0 Å². The molecule has 2 N–H and O–H groups in total. The molecule has 17 heavy (non-hydrogen) atoms. The number of hydrogen-bond donors (Lipinski definition) is 2. The summed E-state index contributed by atoms with van der Waals surface area (Å²) in [5.41, 5.74) is 1.28. The van der Waals surface area contributed by atoms with Gasteiger partial charge in [0.1, 0.15) is 5.01 Å². The predicted molar refractivity (Wildman–Crippen MR) is 71.3 cm³/mol. The zero-order chi connectivity index (χ0) is 12.5.